The highest BCUT2D eigenvalue weighted by atomic mass is 32.2. The van der Waals surface area contributed by atoms with E-state index in [9.17, 15) is 8.42 Å². The van der Waals surface area contributed by atoms with Crippen LogP contribution in [0.1, 0.15) is 26.3 Å². The zero-order chi connectivity index (χ0) is 15.4. The van der Waals surface area contributed by atoms with Crippen LogP contribution in [-0.4, -0.2) is 32.0 Å². The molecule has 1 rings (SSSR count). The summed E-state index contributed by atoms with van der Waals surface area (Å²) in [5.41, 5.74) is 0.915. The minimum Gasteiger partial charge on any atom is -0.495 e. The lowest BCUT2D eigenvalue weighted by Gasteiger charge is -2.21. The van der Waals surface area contributed by atoms with Crippen LogP contribution < -0.4 is 9.46 Å². The number of methoxy groups -OCH3 is 1. The Balaban J connectivity index is 3.22. The number of nitrogens with one attached hydrogen (secondary N) is 1. The number of aliphatic hydroxyl groups excluding tert-OH is 1. The molecule has 1 aromatic carbocycles. The molecule has 0 saturated heterocycles. The van der Waals surface area contributed by atoms with E-state index in [-0.39, 0.29) is 6.61 Å². The van der Waals surface area contributed by atoms with Crippen molar-refractivity contribution in [3.8, 4) is 17.6 Å². The average Bonchev–Trinajstić information content (AvgIpc) is 2.34. The molecule has 0 amide bonds. The summed E-state index contributed by atoms with van der Waals surface area (Å²) in [7, 11) is -2.09. The van der Waals surface area contributed by atoms with Gasteiger partial charge in [-0.1, -0.05) is 11.8 Å². The van der Waals surface area contributed by atoms with Crippen LogP contribution in [0.25, 0.3) is 0 Å². The predicted octanol–water partition coefficient (Wildman–Crippen LogP) is 1.58. The summed E-state index contributed by atoms with van der Waals surface area (Å²) in [6.07, 6.45) is 0. The molecule has 0 heterocycles. The standard InChI is InChI=1S/C14H19NO4S/c1-14(2,3)20(17,18)15-12-10-11(6-5-9-16)7-8-13(12)19-4/h7-8,10,15-16H,9H2,1-4H3. The number of ether oxygens (including phenoxy) is 1. The summed E-state index contributed by atoms with van der Waals surface area (Å²) in [5, 5.41) is 8.68. The predicted molar refractivity (Wildman–Crippen MR) is 79.3 cm³/mol. The lowest BCUT2D eigenvalue weighted by molar-refractivity contribution is 0.350. The minimum atomic E-state index is -3.55. The summed E-state index contributed by atoms with van der Waals surface area (Å²) in [5.74, 6) is 5.64. The Morgan fingerprint density at radius 3 is 2.50 bits per heavy atom. The van der Waals surface area contributed by atoms with E-state index in [1.165, 1.54) is 7.11 Å². The number of benzene rings is 1. The molecular formula is C14H19NO4S. The van der Waals surface area contributed by atoms with Gasteiger partial charge in [-0.25, -0.2) is 8.42 Å². The third-order valence-electron chi connectivity index (χ3n) is 2.56. The van der Waals surface area contributed by atoms with Crippen LogP contribution in [0.4, 0.5) is 5.69 Å². The third kappa shape index (κ3) is 3.89. The fourth-order valence-electron chi connectivity index (χ4n) is 1.30. The van der Waals surface area contributed by atoms with E-state index >= 15 is 0 Å². The number of rotatable bonds is 3. The normalized spacial score (nSPS) is 11.4. The van der Waals surface area contributed by atoms with Crippen LogP contribution in [0.15, 0.2) is 18.2 Å². The van der Waals surface area contributed by atoms with Gasteiger partial charge in [-0.05, 0) is 39.0 Å². The molecule has 0 aliphatic rings. The van der Waals surface area contributed by atoms with Crippen LogP contribution in [0.3, 0.4) is 0 Å². The number of hydrogen-bond acceptors (Lipinski definition) is 4. The first-order valence-electron chi connectivity index (χ1n) is 6.01. The molecule has 1 aromatic rings. The summed E-state index contributed by atoms with van der Waals surface area (Å²) < 4.78 is 31.1. The van der Waals surface area contributed by atoms with E-state index in [4.69, 9.17) is 9.84 Å². The third-order valence-corrected chi connectivity index (χ3v) is 4.66. The molecule has 0 aliphatic heterocycles. The molecule has 2 N–H and O–H groups in total. The molecule has 0 bridgehead atoms. The van der Waals surface area contributed by atoms with E-state index in [1.807, 2.05) is 0 Å². The molecule has 0 fully saturated rings. The summed E-state index contributed by atoms with van der Waals surface area (Å²) in [4.78, 5) is 0. The summed E-state index contributed by atoms with van der Waals surface area (Å²) in [6.45, 7) is 4.57. The van der Waals surface area contributed by atoms with E-state index < -0.39 is 14.8 Å². The molecule has 20 heavy (non-hydrogen) atoms. The molecular weight excluding hydrogens is 278 g/mol. The van der Waals surface area contributed by atoms with Crippen LogP contribution in [0.2, 0.25) is 0 Å². The van der Waals surface area contributed by atoms with Crippen molar-refractivity contribution in [1.82, 2.24) is 0 Å². The SMILES string of the molecule is COc1ccc(C#CCO)cc1NS(=O)(=O)C(C)(C)C. The van der Waals surface area contributed by atoms with Crippen molar-refractivity contribution in [2.45, 2.75) is 25.5 Å². The van der Waals surface area contributed by atoms with E-state index in [1.54, 1.807) is 39.0 Å². The Bertz CT molecular complexity index is 633. The zero-order valence-corrected chi connectivity index (χ0v) is 12.8. The quantitative estimate of drug-likeness (QED) is 0.831. The minimum absolute atomic E-state index is 0.255. The van der Waals surface area contributed by atoms with Crippen LogP contribution in [-0.2, 0) is 10.0 Å². The molecule has 110 valence electrons. The first-order chi connectivity index (χ1) is 9.21. The highest BCUT2D eigenvalue weighted by molar-refractivity contribution is 7.94. The average molecular weight is 297 g/mol. The second kappa shape index (κ2) is 6.16. The lowest BCUT2D eigenvalue weighted by Crippen LogP contribution is -2.33. The van der Waals surface area contributed by atoms with E-state index in [2.05, 4.69) is 16.6 Å². The van der Waals surface area contributed by atoms with Crippen molar-refractivity contribution < 1.29 is 18.3 Å². The van der Waals surface area contributed by atoms with Crippen molar-refractivity contribution in [2.75, 3.05) is 18.4 Å². The van der Waals surface area contributed by atoms with Gasteiger partial charge in [0.15, 0.2) is 0 Å². The van der Waals surface area contributed by atoms with Gasteiger partial charge in [-0.3, -0.25) is 4.72 Å². The lowest BCUT2D eigenvalue weighted by atomic mass is 10.2. The number of aliphatic hydroxyl groups is 1. The molecule has 0 aromatic heterocycles. The van der Waals surface area contributed by atoms with Crippen molar-refractivity contribution in [2.24, 2.45) is 0 Å². The fourth-order valence-corrected chi connectivity index (χ4v) is 2.06. The molecule has 0 atom stereocenters. The van der Waals surface area contributed by atoms with Crippen molar-refractivity contribution in [1.29, 1.82) is 0 Å². The van der Waals surface area contributed by atoms with Gasteiger partial charge >= 0.3 is 0 Å². The number of sulfonamides is 1. The number of hydrogen-bond donors (Lipinski definition) is 2. The molecule has 0 saturated carbocycles. The zero-order valence-electron chi connectivity index (χ0n) is 12.0. The molecule has 0 aliphatic carbocycles. The summed E-state index contributed by atoms with van der Waals surface area (Å²) in [6, 6.07) is 4.89. The number of anilines is 1. The van der Waals surface area contributed by atoms with Gasteiger partial charge in [-0.2, -0.15) is 0 Å². The van der Waals surface area contributed by atoms with Gasteiger partial charge in [0.2, 0.25) is 10.0 Å². The van der Waals surface area contributed by atoms with Crippen LogP contribution >= 0.6 is 0 Å². The van der Waals surface area contributed by atoms with E-state index in [0.717, 1.165) is 0 Å². The molecule has 0 radical (unpaired) electrons. The largest absolute Gasteiger partial charge is 0.495 e. The Hall–Kier alpha value is -1.71. The molecule has 0 spiro atoms. The van der Waals surface area contributed by atoms with E-state index in [0.29, 0.717) is 17.0 Å². The topological polar surface area (TPSA) is 75.6 Å². The first-order valence-corrected chi connectivity index (χ1v) is 7.49. The van der Waals surface area contributed by atoms with Gasteiger partial charge in [0.25, 0.3) is 0 Å². The Kier molecular flexibility index (Phi) is 5.03. The van der Waals surface area contributed by atoms with Gasteiger partial charge in [0.1, 0.15) is 12.4 Å². The maximum absolute atomic E-state index is 12.2. The highest BCUT2D eigenvalue weighted by Crippen LogP contribution is 2.28. The monoisotopic (exact) mass is 297 g/mol. The molecule has 0 unspecified atom stereocenters. The maximum Gasteiger partial charge on any atom is 0.237 e. The van der Waals surface area contributed by atoms with Gasteiger partial charge < -0.3 is 9.84 Å². The second-order valence-electron chi connectivity index (χ2n) is 5.09. The Morgan fingerprint density at radius 2 is 2.00 bits per heavy atom. The van der Waals surface area contributed by atoms with Gasteiger partial charge in [-0.15, -0.1) is 0 Å². The van der Waals surface area contributed by atoms with Crippen molar-refractivity contribution in [3.63, 3.8) is 0 Å². The highest BCUT2D eigenvalue weighted by Gasteiger charge is 2.29. The molecule has 6 heteroatoms. The van der Waals surface area contributed by atoms with Crippen LogP contribution in [0, 0.1) is 11.8 Å². The smallest absolute Gasteiger partial charge is 0.237 e. The molecule has 5 nitrogen and oxygen atoms in total. The second-order valence-corrected chi connectivity index (χ2v) is 7.53. The van der Waals surface area contributed by atoms with Crippen molar-refractivity contribution in [3.05, 3.63) is 23.8 Å². The van der Waals surface area contributed by atoms with Crippen LogP contribution in [0.5, 0.6) is 5.75 Å². The van der Waals surface area contributed by atoms with Gasteiger partial charge in [0, 0.05) is 5.56 Å². The maximum atomic E-state index is 12.2. The van der Waals surface area contributed by atoms with Crippen molar-refractivity contribution >= 4 is 15.7 Å². The Labute approximate surface area is 120 Å². The fraction of sp³-hybridized carbons (Fsp3) is 0.429. The Morgan fingerprint density at radius 1 is 1.35 bits per heavy atom. The van der Waals surface area contributed by atoms with Gasteiger partial charge in [0.05, 0.1) is 17.5 Å². The summed E-state index contributed by atoms with van der Waals surface area (Å²) >= 11 is 0. The first kappa shape index (κ1) is 16.3.